The zero-order valence-corrected chi connectivity index (χ0v) is 25.9. The van der Waals surface area contributed by atoms with Crippen molar-refractivity contribution in [2.24, 2.45) is 0 Å². The third-order valence-corrected chi connectivity index (χ3v) is 8.98. The summed E-state index contributed by atoms with van der Waals surface area (Å²) >= 11 is 12.5. The molecule has 11 heteroatoms. The van der Waals surface area contributed by atoms with Crippen LogP contribution in [0.25, 0.3) is 0 Å². The van der Waals surface area contributed by atoms with Gasteiger partial charge in [0, 0.05) is 23.1 Å². The molecule has 3 rings (SSSR count). The van der Waals surface area contributed by atoms with Crippen LogP contribution < -0.4 is 14.4 Å². The smallest absolute Gasteiger partial charge is 0.264 e. The van der Waals surface area contributed by atoms with Crippen molar-refractivity contribution in [3.8, 4) is 5.75 Å². The number of ether oxygens (including phenoxy) is 1. The largest absolute Gasteiger partial charge is 0.497 e. The second-order valence-electron chi connectivity index (χ2n) is 9.60. The van der Waals surface area contributed by atoms with Crippen LogP contribution in [0.2, 0.25) is 10.0 Å². The Morgan fingerprint density at radius 2 is 1.66 bits per heavy atom. The minimum atomic E-state index is -4.18. The third kappa shape index (κ3) is 8.38. The van der Waals surface area contributed by atoms with Gasteiger partial charge >= 0.3 is 0 Å². The Kier molecular flexibility index (Phi) is 11.5. The minimum Gasteiger partial charge on any atom is -0.497 e. The summed E-state index contributed by atoms with van der Waals surface area (Å²) in [5.74, 6) is -0.431. The van der Waals surface area contributed by atoms with Crippen LogP contribution in [0.3, 0.4) is 0 Å². The Hall–Kier alpha value is -3.27. The Morgan fingerprint density at radius 3 is 2.24 bits per heavy atom. The van der Waals surface area contributed by atoms with Gasteiger partial charge in [-0.15, -0.1) is 0 Å². The number of carbonyl (C=O) groups excluding carboxylic acids is 2. The average molecular weight is 621 g/mol. The summed E-state index contributed by atoms with van der Waals surface area (Å²) in [5.41, 5.74) is 1.81. The standard InChI is InChI=1S/C30H35Cl2N3O5S/c1-5-6-17-33-30(37)22(3)34(19-23-9-10-24(31)18-28(23)32)29(36)20-35(25-11-7-21(2)8-12-25)41(38,39)27-15-13-26(40-4)14-16-27/h7-16,18,22H,5-6,17,19-20H2,1-4H3,(H,33,37)/t22-/m0/s1. The molecule has 3 aromatic rings. The molecular formula is C30H35Cl2N3O5S. The number of sulfonamides is 1. The molecule has 0 saturated heterocycles. The number of anilines is 1. The maximum Gasteiger partial charge on any atom is 0.264 e. The van der Waals surface area contributed by atoms with E-state index in [2.05, 4.69) is 5.32 Å². The van der Waals surface area contributed by atoms with E-state index in [0.717, 1.165) is 22.7 Å². The van der Waals surface area contributed by atoms with Crippen molar-refractivity contribution >= 4 is 50.7 Å². The highest BCUT2D eigenvalue weighted by atomic mass is 35.5. The van der Waals surface area contributed by atoms with E-state index in [4.69, 9.17) is 27.9 Å². The summed E-state index contributed by atoms with van der Waals surface area (Å²) in [4.78, 5) is 28.4. The third-order valence-electron chi connectivity index (χ3n) is 6.60. The molecule has 3 aromatic carbocycles. The molecule has 1 atom stereocenters. The summed E-state index contributed by atoms with van der Waals surface area (Å²) in [6.07, 6.45) is 1.68. The fourth-order valence-electron chi connectivity index (χ4n) is 4.07. The number of unbranched alkanes of at least 4 members (excludes halogenated alkanes) is 1. The van der Waals surface area contributed by atoms with Crippen LogP contribution in [0.1, 0.15) is 37.8 Å². The quantitative estimate of drug-likeness (QED) is 0.243. The summed E-state index contributed by atoms with van der Waals surface area (Å²) in [6, 6.07) is 16.7. The fraction of sp³-hybridized carbons (Fsp3) is 0.333. The molecule has 8 nitrogen and oxygen atoms in total. The molecule has 2 amide bonds. The van der Waals surface area contributed by atoms with E-state index in [-0.39, 0.29) is 17.3 Å². The first kappa shape index (κ1) is 32.2. The van der Waals surface area contributed by atoms with Crippen molar-refractivity contribution in [2.45, 2.75) is 51.1 Å². The first-order chi connectivity index (χ1) is 19.5. The van der Waals surface area contributed by atoms with Gasteiger partial charge in [-0.3, -0.25) is 13.9 Å². The Bertz CT molecular complexity index is 1450. The van der Waals surface area contributed by atoms with Crippen LogP contribution in [0.4, 0.5) is 5.69 Å². The van der Waals surface area contributed by atoms with Crippen molar-refractivity contribution in [1.29, 1.82) is 0 Å². The monoisotopic (exact) mass is 619 g/mol. The number of hydrogen-bond donors (Lipinski definition) is 1. The summed E-state index contributed by atoms with van der Waals surface area (Å²) < 4.78 is 34.0. The molecule has 220 valence electrons. The molecule has 0 saturated carbocycles. The Labute approximate surface area is 252 Å². The van der Waals surface area contributed by atoms with Gasteiger partial charge in [-0.2, -0.15) is 0 Å². The maximum atomic E-state index is 14.0. The average Bonchev–Trinajstić information content (AvgIpc) is 2.95. The lowest BCUT2D eigenvalue weighted by Crippen LogP contribution is -2.51. The van der Waals surface area contributed by atoms with Crippen molar-refractivity contribution < 1.29 is 22.7 Å². The molecule has 0 aliphatic carbocycles. The number of amides is 2. The van der Waals surface area contributed by atoms with E-state index in [1.807, 2.05) is 13.8 Å². The molecule has 0 aliphatic rings. The highest BCUT2D eigenvalue weighted by molar-refractivity contribution is 7.92. The first-order valence-electron chi connectivity index (χ1n) is 13.2. The molecule has 0 bridgehead atoms. The molecule has 1 N–H and O–H groups in total. The van der Waals surface area contributed by atoms with Gasteiger partial charge in [0.25, 0.3) is 10.0 Å². The number of hydrogen-bond acceptors (Lipinski definition) is 5. The number of methoxy groups -OCH3 is 1. The molecule has 0 fully saturated rings. The lowest BCUT2D eigenvalue weighted by Gasteiger charge is -2.32. The summed E-state index contributed by atoms with van der Waals surface area (Å²) in [6.45, 7) is 5.39. The predicted molar refractivity (Wildman–Crippen MR) is 163 cm³/mol. The number of aryl methyl sites for hydroxylation is 1. The van der Waals surface area contributed by atoms with Crippen LogP contribution in [-0.4, -0.2) is 51.4 Å². The number of benzene rings is 3. The van der Waals surface area contributed by atoms with Gasteiger partial charge in [0.2, 0.25) is 11.8 Å². The molecular weight excluding hydrogens is 585 g/mol. The van der Waals surface area contributed by atoms with Gasteiger partial charge in [-0.25, -0.2) is 8.42 Å². The van der Waals surface area contributed by atoms with Gasteiger partial charge in [-0.05, 0) is 74.4 Å². The van der Waals surface area contributed by atoms with Crippen LogP contribution in [0.15, 0.2) is 71.6 Å². The molecule has 41 heavy (non-hydrogen) atoms. The zero-order valence-electron chi connectivity index (χ0n) is 23.6. The fourth-order valence-corrected chi connectivity index (χ4v) is 5.95. The van der Waals surface area contributed by atoms with E-state index in [1.54, 1.807) is 61.5 Å². The molecule has 0 aromatic heterocycles. The van der Waals surface area contributed by atoms with Crippen LogP contribution in [0.5, 0.6) is 5.75 Å². The second-order valence-corrected chi connectivity index (χ2v) is 12.3. The number of carbonyl (C=O) groups is 2. The molecule has 0 spiro atoms. The van der Waals surface area contributed by atoms with E-state index in [0.29, 0.717) is 33.6 Å². The van der Waals surface area contributed by atoms with E-state index in [9.17, 15) is 18.0 Å². The molecule has 0 aliphatic heterocycles. The van der Waals surface area contributed by atoms with Gasteiger partial charge in [0.05, 0.1) is 17.7 Å². The number of halogens is 2. The topological polar surface area (TPSA) is 96.0 Å². The van der Waals surface area contributed by atoms with Gasteiger partial charge in [-0.1, -0.05) is 60.3 Å². The molecule has 0 unspecified atom stereocenters. The van der Waals surface area contributed by atoms with Crippen LogP contribution in [0, 0.1) is 6.92 Å². The van der Waals surface area contributed by atoms with E-state index in [1.165, 1.54) is 24.1 Å². The van der Waals surface area contributed by atoms with Gasteiger partial charge < -0.3 is 15.0 Å². The summed E-state index contributed by atoms with van der Waals surface area (Å²) in [5, 5.41) is 3.61. The normalized spacial score (nSPS) is 12.0. The van der Waals surface area contributed by atoms with Crippen LogP contribution in [-0.2, 0) is 26.2 Å². The van der Waals surface area contributed by atoms with E-state index >= 15 is 0 Å². The molecule has 0 heterocycles. The van der Waals surface area contributed by atoms with E-state index < -0.39 is 28.5 Å². The Balaban J connectivity index is 2.02. The van der Waals surface area contributed by atoms with Crippen molar-refractivity contribution in [3.05, 3.63) is 87.9 Å². The van der Waals surface area contributed by atoms with Crippen molar-refractivity contribution in [3.63, 3.8) is 0 Å². The van der Waals surface area contributed by atoms with Gasteiger partial charge in [0.15, 0.2) is 0 Å². The van der Waals surface area contributed by atoms with Crippen LogP contribution >= 0.6 is 23.2 Å². The SMILES string of the molecule is CCCCNC(=O)[C@H](C)N(Cc1ccc(Cl)cc1Cl)C(=O)CN(c1ccc(C)cc1)S(=O)(=O)c1ccc(OC)cc1. The maximum absolute atomic E-state index is 14.0. The number of rotatable bonds is 13. The molecule has 0 radical (unpaired) electrons. The Morgan fingerprint density at radius 1 is 1.00 bits per heavy atom. The highest BCUT2D eigenvalue weighted by Crippen LogP contribution is 2.27. The highest BCUT2D eigenvalue weighted by Gasteiger charge is 2.32. The van der Waals surface area contributed by atoms with Crippen molar-refractivity contribution in [1.82, 2.24) is 10.2 Å². The lowest BCUT2D eigenvalue weighted by atomic mass is 10.1. The lowest BCUT2D eigenvalue weighted by molar-refractivity contribution is -0.139. The zero-order chi connectivity index (χ0) is 30.2. The van der Waals surface area contributed by atoms with Gasteiger partial charge in [0.1, 0.15) is 18.3 Å². The van der Waals surface area contributed by atoms with Crippen molar-refractivity contribution in [2.75, 3.05) is 24.5 Å². The summed E-state index contributed by atoms with van der Waals surface area (Å²) in [7, 11) is -2.70. The number of nitrogens with zero attached hydrogens (tertiary/aromatic N) is 2. The predicted octanol–water partition coefficient (Wildman–Crippen LogP) is 5.84. The second kappa shape index (κ2) is 14.6. The first-order valence-corrected chi connectivity index (χ1v) is 15.4. The number of nitrogens with one attached hydrogen (secondary N) is 1. The minimum absolute atomic E-state index is 0.00988.